The molecule has 35 heavy (non-hydrogen) atoms. The molecule has 0 radical (unpaired) electrons. The highest BCUT2D eigenvalue weighted by atomic mass is 16.5. The summed E-state index contributed by atoms with van der Waals surface area (Å²) < 4.78 is 46.4. The summed E-state index contributed by atoms with van der Waals surface area (Å²) in [6.07, 6.45) is 0.320. The lowest BCUT2D eigenvalue weighted by molar-refractivity contribution is -0.137. The first kappa shape index (κ1) is 19.7. The molecule has 2 aromatic carbocycles. The smallest absolute Gasteiger partial charge is 0.303 e. The zero-order chi connectivity index (χ0) is 28.0. The fraction of sp³-hybridized carbons (Fsp3) is 0.379. The van der Waals surface area contributed by atoms with Crippen molar-refractivity contribution in [3.05, 3.63) is 78.1 Å². The Morgan fingerprint density at radius 1 is 1.09 bits per heavy atom. The van der Waals surface area contributed by atoms with E-state index in [0.29, 0.717) is 48.5 Å². The van der Waals surface area contributed by atoms with Gasteiger partial charge in [0.05, 0.1) is 19.8 Å². The summed E-state index contributed by atoms with van der Waals surface area (Å²) in [6, 6.07) is 15.5. The summed E-state index contributed by atoms with van der Waals surface area (Å²) >= 11 is 0. The zero-order valence-electron chi connectivity index (χ0n) is 23.6. The zero-order valence-corrected chi connectivity index (χ0v) is 19.6. The first-order valence-electron chi connectivity index (χ1n) is 14.0. The minimum absolute atomic E-state index is 0.0232. The molecule has 0 saturated heterocycles. The van der Waals surface area contributed by atoms with Crippen molar-refractivity contribution in [2.45, 2.75) is 63.9 Å². The van der Waals surface area contributed by atoms with Gasteiger partial charge in [0, 0.05) is 34.2 Å². The lowest BCUT2D eigenvalue weighted by atomic mass is 10.0. The molecule has 1 aliphatic rings. The molecule has 1 N–H and O–H groups in total. The fourth-order valence-electron chi connectivity index (χ4n) is 4.12. The van der Waals surface area contributed by atoms with Crippen LogP contribution in [0.1, 0.15) is 72.7 Å². The van der Waals surface area contributed by atoms with E-state index in [4.69, 9.17) is 18.4 Å². The van der Waals surface area contributed by atoms with Gasteiger partial charge in [0.2, 0.25) is 0 Å². The first-order valence-corrected chi connectivity index (χ1v) is 11.9. The molecule has 6 heteroatoms. The number of furan rings is 1. The maximum Gasteiger partial charge on any atom is 0.303 e. The van der Waals surface area contributed by atoms with Crippen LogP contribution in [0.15, 0.2) is 71.3 Å². The number of carbonyl (C=O) groups excluding carboxylic acids is 1. The van der Waals surface area contributed by atoms with Gasteiger partial charge in [-0.25, -0.2) is 0 Å². The quantitative estimate of drug-likeness (QED) is 0.298. The van der Waals surface area contributed by atoms with E-state index in [0.717, 1.165) is 0 Å². The Hall–Kier alpha value is -3.54. The number of amides is 1. The van der Waals surface area contributed by atoms with Gasteiger partial charge in [0.15, 0.2) is 0 Å². The second-order valence-electron chi connectivity index (χ2n) is 8.41. The van der Waals surface area contributed by atoms with Crippen molar-refractivity contribution in [3.63, 3.8) is 0 Å². The Morgan fingerprint density at radius 2 is 1.91 bits per heavy atom. The molecule has 184 valence electrons. The van der Waals surface area contributed by atoms with Crippen molar-refractivity contribution in [2.24, 2.45) is 0 Å². The lowest BCUT2D eigenvalue weighted by Gasteiger charge is -2.30. The van der Waals surface area contributed by atoms with E-state index in [1.165, 1.54) is 11.2 Å². The van der Waals surface area contributed by atoms with Gasteiger partial charge in [-0.3, -0.25) is 9.59 Å². The second kappa shape index (κ2) is 12.2. The molecule has 1 aromatic heterocycles. The van der Waals surface area contributed by atoms with Crippen LogP contribution >= 0.6 is 0 Å². The maximum atomic E-state index is 14.2. The van der Waals surface area contributed by atoms with Crippen LogP contribution < -0.4 is 4.74 Å². The Bertz CT molecular complexity index is 1280. The number of rotatable bonds is 12. The average molecular weight is 480 g/mol. The summed E-state index contributed by atoms with van der Waals surface area (Å²) in [5, 5.41) is 8.81. The number of hydrogen-bond donors (Lipinski definition) is 1. The van der Waals surface area contributed by atoms with Crippen LogP contribution in [0.2, 0.25) is 0 Å². The Balaban J connectivity index is 1.64. The van der Waals surface area contributed by atoms with Crippen molar-refractivity contribution in [3.8, 4) is 17.1 Å². The van der Waals surface area contributed by atoms with Crippen molar-refractivity contribution < 1.29 is 29.3 Å². The van der Waals surface area contributed by atoms with E-state index in [1.54, 1.807) is 60.7 Å². The van der Waals surface area contributed by atoms with Crippen LogP contribution in [-0.4, -0.2) is 34.5 Å². The fourth-order valence-corrected chi connectivity index (χ4v) is 4.12. The molecule has 2 unspecified atom stereocenters. The van der Waals surface area contributed by atoms with Crippen molar-refractivity contribution >= 4 is 11.9 Å². The van der Waals surface area contributed by atoms with E-state index < -0.39 is 30.7 Å². The van der Waals surface area contributed by atoms with Gasteiger partial charge >= 0.3 is 5.97 Å². The van der Waals surface area contributed by atoms with Crippen molar-refractivity contribution in [2.75, 3.05) is 6.61 Å². The highest BCUT2D eigenvalue weighted by Crippen LogP contribution is 2.32. The van der Waals surface area contributed by atoms with Crippen LogP contribution in [0.4, 0.5) is 0 Å². The Kier molecular flexibility index (Phi) is 6.91. The molecule has 1 amide bonds. The number of benzene rings is 2. The third-order valence-corrected chi connectivity index (χ3v) is 5.90. The molecule has 2 atom stereocenters. The molecule has 1 heterocycles. The molecular weight excluding hydrogens is 442 g/mol. The standard InChI is InChI=1S/C29H33NO5/c31-28(32)18-2-1-9-19-34-26-16-8-3-11-22(26)21-30(23-12-4-5-13-23)29(33)25-15-7-6-14-24(25)27-17-10-20-35-27/h3,6-8,10-11,14-17,20,23H,1-2,4-5,9,12-13,18-19,21H2,(H,31,32)/i4D,12D2,23D. The molecule has 1 fully saturated rings. The highest BCUT2D eigenvalue weighted by molar-refractivity contribution is 6.00. The molecule has 4 rings (SSSR count). The van der Waals surface area contributed by atoms with Gasteiger partial charge in [0.1, 0.15) is 11.5 Å². The third-order valence-electron chi connectivity index (χ3n) is 5.90. The summed E-state index contributed by atoms with van der Waals surface area (Å²) in [5.41, 5.74) is 1.43. The van der Waals surface area contributed by atoms with Crippen molar-refractivity contribution in [1.29, 1.82) is 0 Å². The molecule has 0 bridgehead atoms. The van der Waals surface area contributed by atoms with E-state index in [9.17, 15) is 11.0 Å². The number of carboxylic acids is 1. The third kappa shape index (κ3) is 6.53. The summed E-state index contributed by atoms with van der Waals surface area (Å²) in [4.78, 5) is 26.2. The SMILES string of the molecule is [2H]C1CCC([2H])(N(Cc2ccccc2OCCCCCC(=O)O)C(=O)c2ccccc2-c2ccco2)C1([2H])[2H]. The van der Waals surface area contributed by atoms with Gasteiger partial charge in [0.25, 0.3) is 5.91 Å². The number of nitrogens with zero attached hydrogens (tertiary/aromatic N) is 1. The van der Waals surface area contributed by atoms with Gasteiger partial charge in [-0.05, 0) is 56.3 Å². The lowest BCUT2D eigenvalue weighted by Crippen LogP contribution is -2.38. The van der Waals surface area contributed by atoms with Gasteiger partial charge in [-0.15, -0.1) is 0 Å². The summed E-state index contributed by atoms with van der Waals surface area (Å²) in [5.74, 6) is -0.362. The van der Waals surface area contributed by atoms with Crippen molar-refractivity contribution in [1.82, 2.24) is 4.90 Å². The van der Waals surface area contributed by atoms with Crippen LogP contribution in [0.3, 0.4) is 0 Å². The molecule has 0 spiro atoms. The van der Waals surface area contributed by atoms with Gasteiger partial charge in [-0.1, -0.05) is 49.2 Å². The number of hydrogen-bond acceptors (Lipinski definition) is 4. The summed E-state index contributed by atoms with van der Waals surface area (Å²) in [6.45, 7) is 0.268. The number of aliphatic carboxylic acids is 1. The van der Waals surface area contributed by atoms with E-state index >= 15 is 0 Å². The second-order valence-corrected chi connectivity index (χ2v) is 8.41. The first-order chi connectivity index (χ1) is 18.6. The predicted molar refractivity (Wildman–Crippen MR) is 134 cm³/mol. The van der Waals surface area contributed by atoms with Crippen LogP contribution in [-0.2, 0) is 11.3 Å². The molecular formula is C29H33NO5. The number of ether oxygens (including phenoxy) is 1. The number of carboxylic acid groups (broad SMARTS) is 1. The van der Waals surface area contributed by atoms with Crippen LogP contribution in [0, 0.1) is 0 Å². The number of carbonyl (C=O) groups is 2. The topological polar surface area (TPSA) is 80.0 Å². The molecule has 3 aromatic rings. The normalized spacial score (nSPS) is 22.5. The molecule has 1 aliphatic carbocycles. The van der Waals surface area contributed by atoms with Gasteiger partial charge < -0.3 is 19.2 Å². The number of para-hydroxylation sites is 1. The monoisotopic (exact) mass is 479 g/mol. The van der Waals surface area contributed by atoms with Crippen LogP contribution in [0.5, 0.6) is 5.75 Å². The van der Waals surface area contributed by atoms with Gasteiger partial charge in [-0.2, -0.15) is 0 Å². The van der Waals surface area contributed by atoms with Crippen LogP contribution in [0.25, 0.3) is 11.3 Å². The maximum absolute atomic E-state index is 14.2. The Labute approximate surface area is 212 Å². The Morgan fingerprint density at radius 3 is 2.69 bits per heavy atom. The molecule has 6 nitrogen and oxygen atoms in total. The van der Waals surface area contributed by atoms with E-state index in [1.807, 2.05) is 0 Å². The minimum Gasteiger partial charge on any atom is -0.493 e. The highest BCUT2D eigenvalue weighted by Gasteiger charge is 2.30. The average Bonchev–Trinajstić information content (AvgIpc) is 3.53. The minimum atomic E-state index is -2.26. The predicted octanol–water partition coefficient (Wildman–Crippen LogP) is 6.56. The summed E-state index contributed by atoms with van der Waals surface area (Å²) in [7, 11) is 0. The molecule has 0 aliphatic heterocycles. The number of unbranched alkanes of at least 4 members (excludes halogenated alkanes) is 2. The largest absolute Gasteiger partial charge is 0.493 e. The van der Waals surface area contributed by atoms with E-state index in [-0.39, 0.29) is 31.4 Å². The molecule has 1 saturated carbocycles. The van der Waals surface area contributed by atoms with E-state index in [2.05, 4.69) is 0 Å².